The Hall–Kier alpha value is -0.160. The van der Waals surface area contributed by atoms with Gasteiger partial charge in [0, 0.05) is 19.7 Å². The summed E-state index contributed by atoms with van der Waals surface area (Å²) in [6.45, 7) is 4.56. The van der Waals surface area contributed by atoms with E-state index in [0.717, 1.165) is 39.3 Å². The average Bonchev–Trinajstić information content (AvgIpc) is 2.48. The van der Waals surface area contributed by atoms with Gasteiger partial charge in [-0.2, -0.15) is 0 Å². The Morgan fingerprint density at radius 3 is 2.92 bits per heavy atom. The zero-order valence-corrected chi connectivity index (χ0v) is 7.21. The zero-order chi connectivity index (χ0) is 8.23. The number of hydrogen-bond donors (Lipinski definition) is 2. The SMILES string of the molecule is C1CNCC(C2NCCO2)OC1. The van der Waals surface area contributed by atoms with E-state index in [1.165, 1.54) is 0 Å². The Labute approximate surface area is 72.6 Å². The fraction of sp³-hybridized carbons (Fsp3) is 1.00. The quantitative estimate of drug-likeness (QED) is 0.549. The van der Waals surface area contributed by atoms with Crippen LogP contribution in [0.25, 0.3) is 0 Å². The van der Waals surface area contributed by atoms with E-state index in [0.29, 0.717) is 0 Å². The maximum atomic E-state index is 5.64. The molecule has 2 N–H and O–H groups in total. The van der Waals surface area contributed by atoms with Gasteiger partial charge >= 0.3 is 0 Å². The van der Waals surface area contributed by atoms with Crippen LogP contribution in [0.3, 0.4) is 0 Å². The van der Waals surface area contributed by atoms with Crippen molar-refractivity contribution in [2.24, 2.45) is 0 Å². The van der Waals surface area contributed by atoms with Crippen LogP contribution in [0.2, 0.25) is 0 Å². The highest BCUT2D eigenvalue weighted by Gasteiger charge is 2.26. The Morgan fingerprint density at radius 1 is 1.08 bits per heavy atom. The molecule has 0 amide bonds. The van der Waals surface area contributed by atoms with Crippen LogP contribution < -0.4 is 10.6 Å². The summed E-state index contributed by atoms with van der Waals surface area (Å²) in [7, 11) is 0. The molecular formula is C8H16N2O2. The van der Waals surface area contributed by atoms with E-state index in [1.54, 1.807) is 0 Å². The first-order chi connectivity index (χ1) is 5.97. The fourth-order valence-corrected chi connectivity index (χ4v) is 1.61. The first-order valence-corrected chi connectivity index (χ1v) is 4.64. The van der Waals surface area contributed by atoms with Crippen molar-refractivity contribution in [1.82, 2.24) is 10.6 Å². The lowest BCUT2D eigenvalue weighted by Crippen LogP contribution is -2.42. The van der Waals surface area contributed by atoms with Crippen LogP contribution in [0.1, 0.15) is 6.42 Å². The summed E-state index contributed by atoms with van der Waals surface area (Å²) in [5.74, 6) is 0. The van der Waals surface area contributed by atoms with Crippen molar-refractivity contribution < 1.29 is 9.47 Å². The smallest absolute Gasteiger partial charge is 0.135 e. The van der Waals surface area contributed by atoms with Crippen LogP contribution in [0.4, 0.5) is 0 Å². The molecule has 12 heavy (non-hydrogen) atoms. The van der Waals surface area contributed by atoms with Crippen molar-refractivity contribution in [3.63, 3.8) is 0 Å². The van der Waals surface area contributed by atoms with Gasteiger partial charge in [0.25, 0.3) is 0 Å². The third-order valence-corrected chi connectivity index (χ3v) is 2.26. The summed E-state index contributed by atoms with van der Waals surface area (Å²) in [4.78, 5) is 0. The lowest BCUT2D eigenvalue weighted by Gasteiger charge is -2.21. The predicted molar refractivity (Wildman–Crippen MR) is 45.0 cm³/mol. The van der Waals surface area contributed by atoms with Crippen molar-refractivity contribution >= 4 is 0 Å². The minimum atomic E-state index is 0.107. The zero-order valence-electron chi connectivity index (χ0n) is 7.21. The largest absolute Gasteiger partial charge is 0.373 e. The van der Waals surface area contributed by atoms with Crippen LogP contribution in [-0.4, -0.2) is 45.2 Å². The molecule has 2 aliphatic heterocycles. The summed E-state index contributed by atoms with van der Waals surface area (Å²) in [6, 6.07) is 0. The Balaban J connectivity index is 1.83. The fourth-order valence-electron chi connectivity index (χ4n) is 1.61. The summed E-state index contributed by atoms with van der Waals surface area (Å²) >= 11 is 0. The molecule has 2 heterocycles. The third kappa shape index (κ3) is 1.95. The number of hydrogen-bond acceptors (Lipinski definition) is 4. The van der Waals surface area contributed by atoms with Crippen LogP contribution in [0.5, 0.6) is 0 Å². The molecule has 0 aromatic rings. The molecule has 0 aliphatic carbocycles. The maximum absolute atomic E-state index is 5.64. The monoisotopic (exact) mass is 172 g/mol. The molecule has 4 heteroatoms. The van der Waals surface area contributed by atoms with Crippen molar-refractivity contribution in [1.29, 1.82) is 0 Å². The standard InChI is InChI=1S/C8H16N2O2/c1-2-9-6-7(11-4-1)8-10-3-5-12-8/h7-10H,1-6H2. The summed E-state index contributed by atoms with van der Waals surface area (Å²) in [5.41, 5.74) is 0. The average molecular weight is 172 g/mol. The van der Waals surface area contributed by atoms with Gasteiger partial charge in [-0.1, -0.05) is 0 Å². The molecule has 0 bridgehead atoms. The second-order valence-electron chi connectivity index (χ2n) is 3.21. The van der Waals surface area contributed by atoms with Crippen molar-refractivity contribution in [2.75, 3.05) is 32.8 Å². The molecule has 2 fully saturated rings. The second kappa shape index (κ2) is 4.18. The normalized spacial score (nSPS) is 38.0. The van der Waals surface area contributed by atoms with Gasteiger partial charge in [-0.15, -0.1) is 0 Å². The second-order valence-corrected chi connectivity index (χ2v) is 3.21. The minimum Gasteiger partial charge on any atom is -0.373 e. The van der Waals surface area contributed by atoms with E-state index in [9.17, 15) is 0 Å². The Bertz CT molecular complexity index is 129. The van der Waals surface area contributed by atoms with Crippen LogP contribution in [0, 0.1) is 0 Å². The predicted octanol–water partition coefficient (Wildman–Crippen LogP) is -0.689. The molecule has 0 saturated carbocycles. The molecule has 0 radical (unpaired) electrons. The summed E-state index contributed by atoms with van der Waals surface area (Å²) < 4.78 is 11.1. The summed E-state index contributed by atoms with van der Waals surface area (Å²) in [5, 5.41) is 6.60. The number of ether oxygens (including phenoxy) is 2. The van der Waals surface area contributed by atoms with E-state index in [-0.39, 0.29) is 12.3 Å². The molecule has 2 saturated heterocycles. The molecule has 0 aromatic carbocycles. The number of rotatable bonds is 1. The van der Waals surface area contributed by atoms with Gasteiger partial charge in [-0.3, -0.25) is 5.32 Å². The van der Waals surface area contributed by atoms with Gasteiger partial charge in [0.1, 0.15) is 12.3 Å². The number of nitrogens with one attached hydrogen (secondary N) is 2. The Kier molecular flexibility index (Phi) is 2.94. The highest BCUT2D eigenvalue weighted by molar-refractivity contribution is 4.77. The third-order valence-electron chi connectivity index (χ3n) is 2.26. The van der Waals surface area contributed by atoms with Crippen molar-refractivity contribution in [2.45, 2.75) is 18.8 Å². The molecule has 2 unspecified atom stereocenters. The van der Waals surface area contributed by atoms with Gasteiger partial charge in [-0.25, -0.2) is 0 Å². The molecular weight excluding hydrogens is 156 g/mol. The highest BCUT2D eigenvalue weighted by Crippen LogP contribution is 2.07. The van der Waals surface area contributed by atoms with Gasteiger partial charge in [0.2, 0.25) is 0 Å². The first kappa shape index (κ1) is 8.44. The lowest BCUT2D eigenvalue weighted by atomic mass is 10.3. The lowest BCUT2D eigenvalue weighted by molar-refractivity contribution is -0.0474. The van der Waals surface area contributed by atoms with Gasteiger partial charge < -0.3 is 14.8 Å². The molecule has 4 nitrogen and oxygen atoms in total. The highest BCUT2D eigenvalue weighted by atomic mass is 16.6. The molecule has 2 rings (SSSR count). The summed E-state index contributed by atoms with van der Waals surface area (Å²) in [6.07, 6.45) is 1.40. The molecule has 0 aromatic heterocycles. The van der Waals surface area contributed by atoms with Gasteiger partial charge in [0.05, 0.1) is 6.61 Å². The van der Waals surface area contributed by atoms with E-state index >= 15 is 0 Å². The maximum Gasteiger partial charge on any atom is 0.135 e. The van der Waals surface area contributed by atoms with Crippen LogP contribution in [0.15, 0.2) is 0 Å². The molecule has 2 atom stereocenters. The molecule has 2 aliphatic rings. The van der Waals surface area contributed by atoms with E-state index in [2.05, 4.69) is 10.6 Å². The van der Waals surface area contributed by atoms with E-state index in [1.807, 2.05) is 0 Å². The minimum absolute atomic E-state index is 0.107. The van der Waals surface area contributed by atoms with Crippen LogP contribution >= 0.6 is 0 Å². The van der Waals surface area contributed by atoms with Gasteiger partial charge in [-0.05, 0) is 13.0 Å². The van der Waals surface area contributed by atoms with Crippen molar-refractivity contribution in [3.05, 3.63) is 0 Å². The Morgan fingerprint density at radius 2 is 2.08 bits per heavy atom. The molecule has 0 spiro atoms. The van der Waals surface area contributed by atoms with E-state index in [4.69, 9.17) is 9.47 Å². The first-order valence-electron chi connectivity index (χ1n) is 4.64. The van der Waals surface area contributed by atoms with Gasteiger partial charge in [0.15, 0.2) is 0 Å². The molecule has 70 valence electrons. The van der Waals surface area contributed by atoms with E-state index < -0.39 is 0 Å². The topological polar surface area (TPSA) is 42.5 Å². The van der Waals surface area contributed by atoms with Crippen LogP contribution in [-0.2, 0) is 9.47 Å². The van der Waals surface area contributed by atoms with Crippen molar-refractivity contribution in [3.8, 4) is 0 Å².